The second-order valence-electron chi connectivity index (χ2n) is 5.35. The Labute approximate surface area is 159 Å². The SMILES string of the molecule is Cc1cccc2nc(N3CCN(C)CC3)oc12.ClP(Cl)(Cl)(Cl)Cl. The van der Waals surface area contributed by atoms with E-state index in [1.165, 1.54) is 0 Å². The van der Waals surface area contributed by atoms with Crippen molar-refractivity contribution in [3.63, 3.8) is 0 Å². The molecule has 0 saturated carbocycles. The monoisotopic (exact) mass is 437 g/mol. The summed E-state index contributed by atoms with van der Waals surface area (Å²) in [5.74, 6) is 0. The first kappa shape index (κ1) is 19.7. The predicted molar refractivity (Wildman–Crippen MR) is 105 cm³/mol. The van der Waals surface area contributed by atoms with Crippen LogP contribution < -0.4 is 4.90 Å². The average molecular weight is 440 g/mol. The molecule has 0 N–H and O–H groups in total. The van der Waals surface area contributed by atoms with Crippen molar-refractivity contribution in [3.8, 4) is 0 Å². The van der Waals surface area contributed by atoms with Crippen LogP contribution in [0.2, 0.25) is 0 Å². The molecule has 0 unspecified atom stereocenters. The third-order valence-electron chi connectivity index (χ3n) is 3.37. The Morgan fingerprint density at radius 2 is 1.61 bits per heavy atom. The van der Waals surface area contributed by atoms with Crippen LogP contribution in [0.25, 0.3) is 11.1 Å². The van der Waals surface area contributed by atoms with E-state index in [4.69, 9.17) is 60.6 Å². The summed E-state index contributed by atoms with van der Waals surface area (Å²) in [6.45, 7) is 6.17. The summed E-state index contributed by atoms with van der Waals surface area (Å²) < 4.78 is 2.18. The van der Waals surface area contributed by atoms with E-state index in [1.807, 2.05) is 12.1 Å². The fraction of sp³-hybridized carbons (Fsp3) is 0.462. The van der Waals surface area contributed by atoms with Gasteiger partial charge in [0.05, 0.1) is 0 Å². The maximum absolute atomic E-state index is 5.87. The summed E-state index contributed by atoms with van der Waals surface area (Å²) in [6.07, 6.45) is 0. The zero-order valence-electron chi connectivity index (χ0n) is 12.6. The van der Waals surface area contributed by atoms with Crippen molar-refractivity contribution in [1.29, 1.82) is 0 Å². The number of para-hydroxylation sites is 1. The van der Waals surface area contributed by atoms with E-state index in [0.29, 0.717) is 0 Å². The number of likely N-dealkylation sites (N-methyl/N-ethyl adjacent to an activating group) is 1. The van der Waals surface area contributed by atoms with E-state index in [2.05, 4.69) is 34.8 Å². The Hall–Kier alpha value is 0.330. The maximum atomic E-state index is 5.87. The molecule has 1 aromatic heterocycles. The molecule has 10 heteroatoms. The van der Waals surface area contributed by atoms with Crippen LogP contribution in [0.15, 0.2) is 22.6 Å². The number of hydrogen-bond acceptors (Lipinski definition) is 4. The van der Waals surface area contributed by atoms with Crippen LogP contribution in [0, 0.1) is 6.92 Å². The molecule has 0 amide bonds. The van der Waals surface area contributed by atoms with E-state index in [-0.39, 0.29) is 0 Å². The molecule has 1 aromatic carbocycles. The van der Waals surface area contributed by atoms with E-state index >= 15 is 0 Å². The number of aryl methyl sites for hydroxylation is 1. The van der Waals surface area contributed by atoms with Gasteiger partial charge in [0.1, 0.15) is 5.52 Å². The fourth-order valence-corrected chi connectivity index (χ4v) is 2.21. The Morgan fingerprint density at radius 1 is 1.04 bits per heavy atom. The number of nitrogens with zero attached hydrogens (tertiary/aromatic N) is 3. The molecular weight excluding hydrogens is 422 g/mol. The molecule has 1 aliphatic rings. The van der Waals surface area contributed by atoms with Gasteiger partial charge in [0.25, 0.3) is 6.01 Å². The van der Waals surface area contributed by atoms with Gasteiger partial charge in [-0.2, -0.15) is 4.98 Å². The van der Waals surface area contributed by atoms with Crippen LogP contribution >= 0.6 is 59.6 Å². The zero-order valence-corrected chi connectivity index (χ0v) is 17.3. The molecule has 0 bridgehead atoms. The minimum atomic E-state index is -3.69. The molecular formula is C13H17Cl5N3OP. The van der Waals surface area contributed by atoms with Crippen LogP contribution in [-0.2, 0) is 0 Å². The predicted octanol–water partition coefficient (Wildman–Crippen LogP) is 6.20. The van der Waals surface area contributed by atoms with Gasteiger partial charge in [-0.05, 0) is 25.6 Å². The van der Waals surface area contributed by atoms with Gasteiger partial charge in [-0.15, -0.1) is 0 Å². The van der Waals surface area contributed by atoms with Crippen molar-refractivity contribution in [1.82, 2.24) is 9.88 Å². The Kier molecular flexibility index (Phi) is 6.23. The summed E-state index contributed by atoms with van der Waals surface area (Å²) >= 11 is 24.9. The van der Waals surface area contributed by atoms with Gasteiger partial charge < -0.3 is 14.2 Å². The van der Waals surface area contributed by atoms with Crippen molar-refractivity contribution in [2.24, 2.45) is 0 Å². The molecule has 0 spiro atoms. The van der Waals surface area contributed by atoms with Gasteiger partial charge in [-0.25, -0.2) is 0 Å². The molecule has 4 nitrogen and oxygen atoms in total. The summed E-state index contributed by atoms with van der Waals surface area (Å²) in [5, 5.41) is 0. The molecule has 130 valence electrons. The zero-order chi connectivity index (χ0) is 17.3. The number of benzene rings is 1. The third-order valence-corrected chi connectivity index (χ3v) is 3.37. The van der Waals surface area contributed by atoms with Gasteiger partial charge in [0.15, 0.2) is 5.58 Å². The molecule has 2 aromatic rings. The Morgan fingerprint density at radius 3 is 2.13 bits per heavy atom. The Bertz CT molecular complexity index is 660. The van der Waals surface area contributed by atoms with E-state index in [9.17, 15) is 0 Å². The number of anilines is 1. The average Bonchev–Trinajstić information content (AvgIpc) is 2.82. The number of halogens is 5. The molecule has 0 atom stereocenters. The minimum absolute atomic E-state index is 0.766. The fourth-order valence-electron chi connectivity index (χ4n) is 2.21. The third kappa shape index (κ3) is 6.99. The van der Waals surface area contributed by atoms with Crippen molar-refractivity contribution < 1.29 is 4.42 Å². The number of rotatable bonds is 1. The van der Waals surface area contributed by atoms with Crippen LogP contribution in [0.1, 0.15) is 5.56 Å². The van der Waals surface area contributed by atoms with Crippen molar-refractivity contribution in [2.75, 3.05) is 38.1 Å². The Balaban J connectivity index is 0.000000277. The molecule has 0 aliphatic carbocycles. The van der Waals surface area contributed by atoms with Gasteiger partial charge in [0, 0.05) is 26.2 Å². The van der Waals surface area contributed by atoms with E-state index in [0.717, 1.165) is 48.9 Å². The van der Waals surface area contributed by atoms with E-state index in [1.54, 1.807) is 0 Å². The first-order chi connectivity index (χ1) is 10.5. The van der Waals surface area contributed by atoms with Gasteiger partial charge in [-0.1, -0.05) is 12.1 Å². The van der Waals surface area contributed by atoms with E-state index < -0.39 is 3.37 Å². The van der Waals surface area contributed by atoms with Crippen molar-refractivity contribution in [2.45, 2.75) is 6.92 Å². The topological polar surface area (TPSA) is 32.5 Å². The number of hydrogen-bond donors (Lipinski definition) is 0. The van der Waals surface area contributed by atoms with Crippen molar-refractivity contribution >= 4 is 76.7 Å². The van der Waals surface area contributed by atoms with Crippen LogP contribution in [-0.4, -0.2) is 43.1 Å². The number of piperazine rings is 1. The normalized spacial score (nSPS) is 18.2. The summed E-state index contributed by atoms with van der Waals surface area (Å²) in [7, 11) is 2.15. The van der Waals surface area contributed by atoms with Gasteiger partial charge in [-0.3, -0.25) is 0 Å². The van der Waals surface area contributed by atoms with Gasteiger partial charge in [0.2, 0.25) is 0 Å². The standard InChI is InChI=1S/C13H17N3O.Cl5P/c1-10-4-3-5-11-12(10)17-13(14-11)16-8-6-15(2)7-9-16;1-6(2,3,4)5/h3-5H,6-9H2,1-2H3;. The molecule has 1 fully saturated rings. The second kappa shape index (κ2) is 7.29. The number of oxazole rings is 1. The molecule has 2 heterocycles. The quantitative estimate of drug-likeness (QED) is 0.496. The van der Waals surface area contributed by atoms with Gasteiger partial charge >= 0.3 is 59.6 Å². The van der Waals surface area contributed by atoms with Crippen LogP contribution in [0.3, 0.4) is 0 Å². The van der Waals surface area contributed by atoms with Crippen LogP contribution in [0.5, 0.6) is 0 Å². The molecule has 1 aliphatic heterocycles. The summed E-state index contributed by atoms with van der Waals surface area (Å²) in [4.78, 5) is 9.11. The molecule has 1 saturated heterocycles. The van der Waals surface area contributed by atoms with Crippen molar-refractivity contribution in [3.05, 3.63) is 23.8 Å². The second-order valence-corrected chi connectivity index (χ2v) is 22.0. The summed E-state index contributed by atoms with van der Waals surface area (Å²) in [6, 6.07) is 6.85. The number of aromatic nitrogens is 1. The molecule has 3 rings (SSSR count). The first-order valence-corrected chi connectivity index (χ1v) is 13.6. The van der Waals surface area contributed by atoms with Crippen LogP contribution in [0.4, 0.5) is 6.01 Å². The number of fused-ring (bicyclic) bond motifs is 1. The molecule has 0 radical (unpaired) electrons. The molecule has 23 heavy (non-hydrogen) atoms. The summed E-state index contributed by atoms with van der Waals surface area (Å²) in [5.41, 5.74) is 3.02. The first-order valence-electron chi connectivity index (χ1n) is 6.88.